The van der Waals surface area contributed by atoms with Gasteiger partial charge in [-0.3, -0.25) is 4.79 Å². The molecular formula is C15H20O3. The van der Waals surface area contributed by atoms with Crippen LogP contribution >= 0.6 is 0 Å². The topological polar surface area (TPSA) is 35.5 Å². The van der Waals surface area contributed by atoms with E-state index in [-0.39, 0.29) is 6.10 Å². The molecule has 3 heteroatoms. The molecule has 0 N–H and O–H groups in total. The molecule has 0 amide bonds. The van der Waals surface area contributed by atoms with Gasteiger partial charge in [0.1, 0.15) is 11.5 Å². The molecule has 0 aliphatic carbocycles. The summed E-state index contributed by atoms with van der Waals surface area (Å²) in [5, 5.41) is 0. The van der Waals surface area contributed by atoms with E-state index in [2.05, 4.69) is 6.92 Å². The molecule has 98 valence electrons. The highest BCUT2D eigenvalue weighted by molar-refractivity contribution is 5.80. The molecule has 0 saturated carbocycles. The van der Waals surface area contributed by atoms with Crippen LogP contribution in [0.5, 0.6) is 5.75 Å². The molecule has 2 rings (SSSR count). The van der Waals surface area contributed by atoms with Crippen LogP contribution in [0, 0.1) is 20.8 Å². The predicted octanol–water partition coefficient (Wildman–Crippen LogP) is 3.04. The van der Waals surface area contributed by atoms with Crippen LogP contribution in [0.15, 0.2) is 6.07 Å². The van der Waals surface area contributed by atoms with Crippen molar-refractivity contribution in [3.8, 4) is 5.75 Å². The third-order valence-corrected chi connectivity index (χ3v) is 3.76. The van der Waals surface area contributed by atoms with Gasteiger partial charge in [-0.15, -0.1) is 0 Å². The highest BCUT2D eigenvalue weighted by atomic mass is 16.5. The summed E-state index contributed by atoms with van der Waals surface area (Å²) in [6, 6.07) is 2.03. The second-order valence-electron chi connectivity index (χ2n) is 4.91. The molecule has 1 aliphatic rings. The quantitative estimate of drug-likeness (QED) is 0.807. The van der Waals surface area contributed by atoms with Gasteiger partial charge < -0.3 is 9.47 Å². The maximum absolute atomic E-state index is 11.6. The number of ether oxygens (including phenoxy) is 2. The maximum Gasteiger partial charge on any atom is 0.138 e. The number of carbonyl (C=O) groups excluding carboxylic acids is 1. The fourth-order valence-electron chi connectivity index (χ4n) is 2.64. The zero-order chi connectivity index (χ0) is 13.3. The Morgan fingerprint density at radius 2 is 2.00 bits per heavy atom. The van der Waals surface area contributed by atoms with Gasteiger partial charge in [-0.05, 0) is 49.1 Å². The molecule has 0 aromatic heterocycles. The number of aryl methyl sites for hydroxylation is 1. The molecule has 0 spiro atoms. The Morgan fingerprint density at radius 3 is 2.61 bits per heavy atom. The predicted molar refractivity (Wildman–Crippen MR) is 70.1 cm³/mol. The number of rotatable bonds is 2. The lowest BCUT2D eigenvalue weighted by Gasteiger charge is -2.26. The summed E-state index contributed by atoms with van der Waals surface area (Å²) in [6.45, 7) is 6.70. The molecule has 1 aromatic rings. The van der Waals surface area contributed by atoms with Gasteiger partial charge >= 0.3 is 0 Å². The molecular weight excluding hydrogens is 228 g/mol. The van der Waals surface area contributed by atoms with Crippen molar-refractivity contribution >= 4 is 5.78 Å². The molecule has 0 radical (unpaired) electrons. The summed E-state index contributed by atoms with van der Waals surface area (Å²) in [6.07, 6.45) is 0.952. The molecule has 1 aromatic carbocycles. The molecule has 3 nitrogen and oxygen atoms in total. The van der Waals surface area contributed by atoms with E-state index in [0.717, 1.165) is 22.4 Å². The van der Waals surface area contributed by atoms with Gasteiger partial charge in [-0.1, -0.05) is 0 Å². The van der Waals surface area contributed by atoms with Crippen LogP contribution in [0.3, 0.4) is 0 Å². The Kier molecular flexibility index (Phi) is 3.71. The van der Waals surface area contributed by atoms with Crippen LogP contribution in [-0.2, 0) is 9.53 Å². The third-order valence-electron chi connectivity index (χ3n) is 3.76. The highest BCUT2D eigenvalue weighted by Crippen LogP contribution is 2.35. The average molecular weight is 248 g/mol. The number of hydrogen-bond acceptors (Lipinski definition) is 3. The minimum atomic E-state index is -0.0872. The minimum absolute atomic E-state index is 0.0872. The molecule has 1 unspecified atom stereocenters. The lowest BCUT2D eigenvalue weighted by atomic mass is 9.90. The van der Waals surface area contributed by atoms with E-state index in [1.807, 2.05) is 19.9 Å². The smallest absolute Gasteiger partial charge is 0.138 e. The first-order valence-corrected chi connectivity index (χ1v) is 6.32. The summed E-state index contributed by atoms with van der Waals surface area (Å²) >= 11 is 0. The van der Waals surface area contributed by atoms with E-state index >= 15 is 0 Å². The number of hydrogen-bond donors (Lipinski definition) is 0. The SMILES string of the molecule is COc1cc(C)c(C2CC(=O)CCO2)c(C)c1C. The molecule has 1 saturated heterocycles. The van der Waals surface area contributed by atoms with Crippen molar-refractivity contribution in [1.29, 1.82) is 0 Å². The normalized spacial score (nSPS) is 20.0. The fraction of sp³-hybridized carbons (Fsp3) is 0.533. The van der Waals surface area contributed by atoms with Gasteiger partial charge in [0.25, 0.3) is 0 Å². The first-order valence-electron chi connectivity index (χ1n) is 6.32. The molecule has 1 aliphatic heterocycles. The van der Waals surface area contributed by atoms with Crippen molar-refractivity contribution in [3.63, 3.8) is 0 Å². The summed E-state index contributed by atoms with van der Waals surface area (Å²) in [4.78, 5) is 11.6. The summed E-state index contributed by atoms with van der Waals surface area (Å²) in [7, 11) is 1.68. The second kappa shape index (κ2) is 5.11. The Morgan fingerprint density at radius 1 is 1.28 bits per heavy atom. The Hall–Kier alpha value is -1.35. The zero-order valence-electron chi connectivity index (χ0n) is 11.5. The van der Waals surface area contributed by atoms with Crippen molar-refractivity contribution in [2.24, 2.45) is 0 Å². The zero-order valence-corrected chi connectivity index (χ0v) is 11.5. The van der Waals surface area contributed by atoms with Crippen molar-refractivity contribution in [3.05, 3.63) is 28.3 Å². The van der Waals surface area contributed by atoms with Gasteiger partial charge in [0, 0.05) is 12.8 Å². The molecule has 18 heavy (non-hydrogen) atoms. The monoisotopic (exact) mass is 248 g/mol. The second-order valence-corrected chi connectivity index (χ2v) is 4.91. The van der Waals surface area contributed by atoms with Crippen molar-refractivity contribution in [1.82, 2.24) is 0 Å². The van der Waals surface area contributed by atoms with Crippen LogP contribution in [0.25, 0.3) is 0 Å². The van der Waals surface area contributed by atoms with Gasteiger partial charge in [-0.2, -0.15) is 0 Å². The fourth-order valence-corrected chi connectivity index (χ4v) is 2.64. The Labute approximate surface area is 108 Å². The number of carbonyl (C=O) groups is 1. The number of methoxy groups -OCH3 is 1. The van der Waals surface area contributed by atoms with Gasteiger partial charge in [0.15, 0.2) is 0 Å². The number of Topliss-reactive ketones (excluding diaryl/α,β-unsaturated/α-hetero) is 1. The molecule has 1 atom stereocenters. The lowest BCUT2D eigenvalue weighted by Crippen LogP contribution is -2.21. The van der Waals surface area contributed by atoms with E-state index in [4.69, 9.17) is 9.47 Å². The summed E-state index contributed by atoms with van der Waals surface area (Å²) in [5.41, 5.74) is 4.59. The van der Waals surface area contributed by atoms with Gasteiger partial charge in [-0.25, -0.2) is 0 Å². The largest absolute Gasteiger partial charge is 0.496 e. The van der Waals surface area contributed by atoms with Crippen LogP contribution in [0.4, 0.5) is 0 Å². The van der Waals surface area contributed by atoms with Crippen LogP contribution in [-0.4, -0.2) is 19.5 Å². The van der Waals surface area contributed by atoms with Crippen molar-refractivity contribution < 1.29 is 14.3 Å². The van der Waals surface area contributed by atoms with E-state index in [9.17, 15) is 4.79 Å². The van der Waals surface area contributed by atoms with Crippen LogP contribution in [0.2, 0.25) is 0 Å². The van der Waals surface area contributed by atoms with Gasteiger partial charge in [0.2, 0.25) is 0 Å². The van der Waals surface area contributed by atoms with Crippen molar-refractivity contribution in [2.75, 3.05) is 13.7 Å². The Balaban J connectivity index is 2.44. The molecule has 1 heterocycles. The molecule has 1 fully saturated rings. The van der Waals surface area contributed by atoms with Gasteiger partial charge in [0.05, 0.1) is 19.8 Å². The number of ketones is 1. The average Bonchev–Trinajstić information content (AvgIpc) is 2.34. The number of benzene rings is 1. The van der Waals surface area contributed by atoms with E-state index < -0.39 is 0 Å². The standard InChI is InChI=1S/C15H20O3/c1-9-7-13(17-4)10(2)11(3)15(9)14-8-12(16)5-6-18-14/h7,14H,5-6,8H2,1-4H3. The molecule has 0 bridgehead atoms. The van der Waals surface area contributed by atoms with Crippen LogP contribution in [0.1, 0.15) is 41.2 Å². The third kappa shape index (κ3) is 2.27. The first kappa shape index (κ1) is 13.1. The van der Waals surface area contributed by atoms with Crippen LogP contribution < -0.4 is 4.74 Å². The highest BCUT2D eigenvalue weighted by Gasteiger charge is 2.25. The van der Waals surface area contributed by atoms with E-state index in [0.29, 0.717) is 25.2 Å². The van der Waals surface area contributed by atoms with E-state index in [1.165, 1.54) is 5.56 Å². The minimum Gasteiger partial charge on any atom is -0.496 e. The Bertz CT molecular complexity index is 477. The van der Waals surface area contributed by atoms with Crippen molar-refractivity contribution in [2.45, 2.75) is 39.7 Å². The lowest BCUT2D eigenvalue weighted by molar-refractivity contribution is -0.128. The first-order chi connectivity index (χ1) is 8.54. The van der Waals surface area contributed by atoms with E-state index in [1.54, 1.807) is 7.11 Å². The summed E-state index contributed by atoms with van der Waals surface area (Å²) in [5.74, 6) is 1.19. The maximum atomic E-state index is 11.6. The summed E-state index contributed by atoms with van der Waals surface area (Å²) < 4.78 is 11.1.